The SMILES string of the molecule is O=C(c1cccc(Br)c1)N1N=C2CCCCC2C1(O)C(F)(F)F. The summed E-state index contributed by atoms with van der Waals surface area (Å²) >= 11 is 3.18. The number of hydrogen-bond donors (Lipinski definition) is 1. The quantitative estimate of drug-likeness (QED) is 0.794. The second-order valence-electron chi connectivity index (χ2n) is 5.74. The van der Waals surface area contributed by atoms with Gasteiger partial charge in [-0.25, -0.2) is 0 Å². The first kappa shape index (κ1) is 16.4. The third-order valence-corrected chi connectivity index (χ3v) is 4.79. The molecule has 8 heteroatoms. The first-order valence-electron chi connectivity index (χ1n) is 7.21. The normalized spacial score (nSPS) is 27.6. The highest BCUT2D eigenvalue weighted by Crippen LogP contribution is 2.48. The Morgan fingerprint density at radius 3 is 2.78 bits per heavy atom. The van der Waals surface area contributed by atoms with Gasteiger partial charge in [0.05, 0.1) is 5.92 Å². The van der Waals surface area contributed by atoms with Crippen LogP contribution < -0.4 is 0 Å². The Kier molecular flexibility index (Phi) is 4.00. The van der Waals surface area contributed by atoms with Crippen LogP contribution in [0, 0.1) is 5.92 Å². The molecule has 0 spiro atoms. The molecule has 2 aliphatic rings. The Bertz CT molecular complexity index is 677. The van der Waals surface area contributed by atoms with E-state index in [1.807, 2.05) is 0 Å². The molecule has 1 amide bonds. The van der Waals surface area contributed by atoms with Crippen molar-refractivity contribution in [2.75, 3.05) is 0 Å². The minimum atomic E-state index is -4.98. The minimum Gasteiger partial charge on any atom is -0.362 e. The molecule has 2 unspecified atom stereocenters. The third kappa shape index (κ3) is 2.57. The summed E-state index contributed by atoms with van der Waals surface area (Å²) < 4.78 is 41.3. The summed E-state index contributed by atoms with van der Waals surface area (Å²) in [5, 5.41) is 14.5. The number of hydrazone groups is 1. The van der Waals surface area contributed by atoms with Crippen LogP contribution in [0.1, 0.15) is 36.0 Å². The van der Waals surface area contributed by atoms with Crippen LogP contribution in [0.4, 0.5) is 13.2 Å². The summed E-state index contributed by atoms with van der Waals surface area (Å²) in [6, 6.07) is 6.00. The monoisotopic (exact) mass is 390 g/mol. The molecular formula is C15H14BrF3N2O2. The predicted octanol–water partition coefficient (Wildman–Crippen LogP) is 3.70. The van der Waals surface area contributed by atoms with Crippen LogP contribution in [0.5, 0.6) is 0 Å². The molecule has 0 saturated heterocycles. The molecule has 1 N–H and O–H groups in total. The largest absolute Gasteiger partial charge is 0.439 e. The van der Waals surface area contributed by atoms with Gasteiger partial charge < -0.3 is 5.11 Å². The van der Waals surface area contributed by atoms with Gasteiger partial charge in [-0.3, -0.25) is 4.79 Å². The van der Waals surface area contributed by atoms with Gasteiger partial charge in [0.1, 0.15) is 0 Å². The molecule has 0 radical (unpaired) electrons. The Morgan fingerprint density at radius 1 is 1.39 bits per heavy atom. The molecule has 1 heterocycles. The average Bonchev–Trinajstić information content (AvgIpc) is 2.81. The van der Waals surface area contributed by atoms with Crippen molar-refractivity contribution in [2.24, 2.45) is 11.0 Å². The number of aliphatic hydroxyl groups is 1. The van der Waals surface area contributed by atoms with E-state index in [-0.39, 0.29) is 22.7 Å². The molecule has 1 aromatic carbocycles. The molecule has 124 valence electrons. The van der Waals surface area contributed by atoms with Crippen molar-refractivity contribution in [3.63, 3.8) is 0 Å². The lowest BCUT2D eigenvalue weighted by Gasteiger charge is -2.38. The van der Waals surface area contributed by atoms with Gasteiger partial charge in [-0.05, 0) is 37.5 Å². The number of benzene rings is 1. The van der Waals surface area contributed by atoms with E-state index in [1.54, 1.807) is 12.1 Å². The highest BCUT2D eigenvalue weighted by molar-refractivity contribution is 9.10. The molecule has 1 aliphatic heterocycles. The highest BCUT2D eigenvalue weighted by atomic mass is 79.9. The van der Waals surface area contributed by atoms with E-state index in [0.29, 0.717) is 23.7 Å². The van der Waals surface area contributed by atoms with Crippen molar-refractivity contribution in [2.45, 2.75) is 37.6 Å². The number of carbonyl (C=O) groups is 1. The number of hydrogen-bond acceptors (Lipinski definition) is 3. The van der Waals surface area contributed by atoms with Crippen LogP contribution in [-0.2, 0) is 0 Å². The van der Waals surface area contributed by atoms with Crippen molar-refractivity contribution in [3.05, 3.63) is 34.3 Å². The smallest absolute Gasteiger partial charge is 0.362 e. The zero-order chi connectivity index (χ0) is 16.8. The van der Waals surface area contributed by atoms with Crippen molar-refractivity contribution < 1.29 is 23.1 Å². The van der Waals surface area contributed by atoms with Gasteiger partial charge in [-0.1, -0.05) is 28.4 Å². The molecule has 0 aromatic heterocycles. The molecule has 2 atom stereocenters. The molecule has 0 bridgehead atoms. The van der Waals surface area contributed by atoms with Crippen molar-refractivity contribution in [3.8, 4) is 0 Å². The first-order chi connectivity index (χ1) is 10.7. The number of carbonyl (C=O) groups excluding carboxylic acids is 1. The van der Waals surface area contributed by atoms with E-state index < -0.39 is 23.7 Å². The van der Waals surface area contributed by atoms with Crippen LogP contribution in [-0.4, -0.2) is 33.6 Å². The number of fused-ring (bicyclic) bond motifs is 1. The van der Waals surface area contributed by atoms with Gasteiger partial charge in [0.2, 0.25) is 0 Å². The van der Waals surface area contributed by atoms with Gasteiger partial charge in [0, 0.05) is 15.7 Å². The molecule has 1 fully saturated rings. The van der Waals surface area contributed by atoms with Crippen LogP contribution in [0.25, 0.3) is 0 Å². The van der Waals surface area contributed by atoms with E-state index in [4.69, 9.17) is 0 Å². The maximum atomic E-state index is 13.6. The zero-order valence-electron chi connectivity index (χ0n) is 12.0. The highest BCUT2D eigenvalue weighted by Gasteiger charge is 2.68. The van der Waals surface area contributed by atoms with E-state index in [1.165, 1.54) is 12.1 Å². The fourth-order valence-electron chi connectivity index (χ4n) is 3.16. The first-order valence-corrected chi connectivity index (χ1v) is 8.01. The topological polar surface area (TPSA) is 52.9 Å². The number of amides is 1. The van der Waals surface area contributed by atoms with Crippen molar-refractivity contribution >= 4 is 27.5 Å². The summed E-state index contributed by atoms with van der Waals surface area (Å²) in [7, 11) is 0. The second-order valence-corrected chi connectivity index (χ2v) is 6.66. The molecule has 1 aliphatic carbocycles. The summed E-state index contributed by atoms with van der Waals surface area (Å²) in [6.45, 7) is 0. The van der Waals surface area contributed by atoms with Crippen molar-refractivity contribution in [1.29, 1.82) is 0 Å². The third-order valence-electron chi connectivity index (χ3n) is 4.30. The fourth-order valence-corrected chi connectivity index (χ4v) is 3.56. The number of alkyl halides is 3. The Morgan fingerprint density at radius 2 is 2.13 bits per heavy atom. The fraction of sp³-hybridized carbons (Fsp3) is 0.467. The lowest BCUT2D eigenvalue weighted by atomic mass is 9.80. The minimum absolute atomic E-state index is 0.0325. The van der Waals surface area contributed by atoms with Gasteiger partial charge >= 0.3 is 6.18 Å². The second kappa shape index (κ2) is 5.59. The lowest BCUT2D eigenvalue weighted by molar-refractivity contribution is -0.312. The summed E-state index contributed by atoms with van der Waals surface area (Å²) in [5.74, 6) is -2.15. The lowest BCUT2D eigenvalue weighted by Crippen LogP contribution is -2.61. The standard InChI is InChI=1S/C15H14BrF3N2O2/c16-10-5-3-4-9(8-10)13(22)21-14(23,15(17,18)19)11-6-1-2-7-12(11)20-21/h3-5,8,11,23H,1-2,6-7H2. The Hall–Kier alpha value is -1.41. The predicted molar refractivity (Wildman–Crippen MR) is 80.7 cm³/mol. The van der Waals surface area contributed by atoms with Gasteiger partial charge in [0.25, 0.3) is 11.6 Å². The van der Waals surface area contributed by atoms with Crippen LogP contribution >= 0.6 is 15.9 Å². The molecular weight excluding hydrogens is 377 g/mol. The summed E-state index contributed by atoms with van der Waals surface area (Å²) in [6.07, 6.45) is -3.17. The van der Waals surface area contributed by atoms with Gasteiger partial charge in [-0.2, -0.15) is 23.3 Å². The number of halogens is 4. The van der Waals surface area contributed by atoms with E-state index in [2.05, 4.69) is 21.0 Å². The average molecular weight is 391 g/mol. The summed E-state index contributed by atoms with van der Waals surface area (Å²) in [4.78, 5) is 12.5. The Balaban J connectivity index is 2.05. The Labute approximate surface area is 139 Å². The van der Waals surface area contributed by atoms with Gasteiger partial charge in [0.15, 0.2) is 0 Å². The van der Waals surface area contributed by atoms with E-state index >= 15 is 0 Å². The zero-order valence-corrected chi connectivity index (χ0v) is 13.6. The number of rotatable bonds is 1. The maximum Gasteiger partial charge on any atom is 0.439 e. The maximum absolute atomic E-state index is 13.6. The number of nitrogens with zero attached hydrogens (tertiary/aromatic N) is 2. The summed E-state index contributed by atoms with van der Waals surface area (Å²) in [5.41, 5.74) is -2.99. The molecule has 23 heavy (non-hydrogen) atoms. The van der Waals surface area contributed by atoms with E-state index in [9.17, 15) is 23.1 Å². The van der Waals surface area contributed by atoms with Crippen LogP contribution in [0.15, 0.2) is 33.8 Å². The molecule has 1 saturated carbocycles. The molecule has 4 nitrogen and oxygen atoms in total. The van der Waals surface area contributed by atoms with Crippen molar-refractivity contribution in [1.82, 2.24) is 5.01 Å². The molecule has 3 rings (SSSR count). The van der Waals surface area contributed by atoms with Crippen LogP contribution in [0.2, 0.25) is 0 Å². The van der Waals surface area contributed by atoms with E-state index in [0.717, 1.165) is 0 Å². The van der Waals surface area contributed by atoms with Crippen LogP contribution in [0.3, 0.4) is 0 Å². The van der Waals surface area contributed by atoms with Gasteiger partial charge in [-0.15, -0.1) is 0 Å². The molecule has 1 aromatic rings.